The van der Waals surface area contributed by atoms with Crippen LogP contribution in [0.4, 0.5) is 13.6 Å². The zero-order valence-corrected chi connectivity index (χ0v) is 19.3. The number of benzene rings is 2. The van der Waals surface area contributed by atoms with Gasteiger partial charge in [-0.15, -0.1) is 0 Å². The molecule has 4 rings (SSSR count). The van der Waals surface area contributed by atoms with Crippen molar-refractivity contribution in [3.05, 3.63) is 59.7 Å². The standard InChI is InChI=1S/C26H28F2N2O5/c1-2-3-12-21(23(31)29-13-20-22(24(32)33)26(20,27)28)30-25(34)35-14-19-17-10-6-4-8-15(17)16-9-5-7-11-18(16)19/h4-11,19-22H,2-3,12-14H2,1H3,(H,29,31)(H,30,34)(H,32,33)/t20-,21+,22-/m1/s1. The first-order chi connectivity index (χ1) is 16.8. The molecular formula is C26H28F2N2O5. The minimum absolute atomic E-state index is 0.0799. The molecule has 35 heavy (non-hydrogen) atoms. The molecule has 0 heterocycles. The Balaban J connectivity index is 1.35. The average molecular weight is 487 g/mol. The third-order valence-corrected chi connectivity index (χ3v) is 6.76. The highest BCUT2D eigenvalue weighted by Gasteiger charge is 2.72. The summed E-state index contributed by atoms with van der Waals surface area (Å²) in [7, 11) is 0. The third-order valence-electron chi connectivity index (χ3n) is 6.76. The van der Waals surface area contributed by atoms with E-state index in [4.69, 9.17) is 9.84 Å². The summed E-state index contributed by atoms with van der Waals surface area (Å²) in [6.45, 7) is 1.53. The SMILES string of the molecule is CCCC[C@H](NC(=O)OCC1c2ccccc2-c2ccccc21)C(=O)NC[C@@H]1[C@H](C(=O)O)C1(F)F. The first kappa shape index (κ1) is 24.6. The maximum absolute atomic E-state index is 13.6. The fraction of sp³-hybridized carbons (Fsp3) is 0.423. The van der Waals surface area contributed by atoms with E-state index >= 15 is 0 Å². The molecule has 2 amide bonds. The Morgan fingerprint density at radius 3 is 2.20 bits per heavy atom. The lowest BCUT2D eigenvalue weighted by Gasteiger charge is -2.19. The zero-order chi connectivity index (χ0) is 25.2. The van der Waals surface area contributed by atoms with E-state index in [2.05, 4.69) is 10.6 Å². The molecule has 2 aliphatic carbocycles. The van der Waals surface area contributed by atoms with E-state index in [0.717, 1.165) is 28.7 Å². The largest absolute Gasteiger partial charge is 0.481 e. The van der Waals surface area contributed by atoms with Crippen LogP contribution in [0.25, 0.3) is 11.1 Å². The number of alkyl halides is 2. The van der Waals surface area contributed by atoms with Crippen molar-refractivity contribution in [2.75, 3.05) is 13.2 Å². The average Bonchev–Trinajstić information content (AvgIpc) is 3.25. The summed E-state index contributed by atoms with van der Waals surface area (Å²) < 4.78 is 32.7. The third kappa shape index (κ3) is 4.99. The quantitative estimate of drug-likeness (QED) is 0.468. The molecule has 0 aliphatic heterocycles. The molecule has 7 nitrogen and oxygen atoms in total. The highest BCUT2D eigenvalue weighted by Crippen LogP contribution is 2.54. The number of rotatable bonds is 10. The van der Waals surface area contributed by atoms with Gasteiger partial charge in [-0.05, 0) is 28.7 Å². The highest BCUT2D eigenvalue weighted by atomic mass is 19.3. The number of unbranched alkanes of at least 4 members (excludes halogenated alkanes) is 1. The number of ether oxygens (including phenoxy) is 1. The zero-order valence-electron chi connectivity index (χ0n) is 19.3. The van der Waals surface area contributed by atoms with Gasteiger partial charge in [-0.3, -0.25) is 9.59 Å². The van der Waals surface area contributed by atoms with Crippen LogP contribution < -0.4 is 10.6 Å². The predicted molar refractivity (Wildman–Crippen MR) is 124 cm³/mol. The molecule has 0 radical (unpaired) electrons. The van der Waals surface area contributed by atoms with Crippen LogP contribution >= 0.6 is 0 Å². The van der Waals surface area contributed by atoms with Gasteiger partial charge >= 0.3 is 12.1 Å². The molecule has 0 bridgehead atoms. The molecule has 0 aromatic heterocycles. The minimum Gasteiger partial charge on any atom is -0.481 e. The van der Waals surface area contributed by atoms with Crippen molar-refractivity contribution in [1.82, 2.24) is 10.6 Å². The number of carboxylic acid groups (broad SMARTS) is 1. The number of halogens is 2. The lowest BCUT2D eigenvalue weighted by Crippen LogP contribution is -2.47. The van der Waals surface area contributed by atoms with Gasteiger partial charge in [0, 0.05) is 12.5 Å². The van der Waals surface area contributed by atoms with E-state index in [-0.39, 0.29) is 12.5 Å². The van der Waals surface area contributed by atoms with Crippen LogP contribution in [-0.4, -0.2) is 48.2 Å². The number of hydrogen-bond acceptors (Lipinski definition) is 4. The molecule has 2 aliphatic rings. The number of carboxylic acids is 1. The van der Waals surface area contributed by atoms with Gasteiger partial charge in [-0.1, -0.05) is 68.3 Å². The molecule has 2 aromatic carbocycles. The van der Waals surface area contributed by atoms with Crippen molar-refractivity contribution in [2.45, 2.75) is 44.1 Å². The number of amides is 2. The van der Waals surface area contributed by atoms with Gasteiger partial charge in [0.15, 0.2) is 0 Å². The van der Waals surface area contributed by atoms with Gasteiger partial charge in [0.2, 0.25) is 5.91 Å². The van der Waals surface area contributed by atoms with Crippen LogP contribution in [0.1, 0.15) is 43.2 Å². The topological polar surface area (TPSA) is 105 Å². The van der Waals surface area contributed by atoms with Gasteiger partial charge in [0.05, 0.1) is 5.92 Å². The van der Waals surface area contributed by atoms with Crippen LogP contribution in [0.15, 0.2) is 48.5 Å². The summed E-state index contributed by atoms with van der Waals surface area (Å²) in [6, 6.07) is 14.9. The molecule has 3 atom stereocenters. The van der Waals surface area contributed by atoms with Gasteiger partial charge in [0.1, 0.15) is 18.6 Å². The molecule has 1 fully saturated rings. The lowest BCUT2D eigenvalue weighted by molar-refractivity contribution is -0.141. The second-order valence-electron chi connectivity index (χ2n) is 9.01. The Kier molecular flexibility index (Phi) is 7.05. The second-order valence-corrected chi connectivity index (χ2v) is 9.01. The summed E-state index contributed by atoms with van der Waals surface area (Å²) >= 11 is 0. The molecule has 0 saturated heterocycles. The summed E-state index contributed by atoms with van der Waals surface area (Å²) in [6.07, 6.45) is 0.913. The molecule has 0 spiro atoms. The molecular weight excluding hydrogens is 458 g/mol. The van der Waals surface area contributed by atoms with Crippen molar-refractivity contribution in [3.8, 4) is 11.1 Å². The summed E-state index contributed by atoms with van der Waals surface area (Å²) in [5.41, 5.74) is 4.29. The molecule has 186 valence electrons. The van der Waals surface area contributed by atoms with Crippen LogP contribution in [0, 0.1) is 11.8 Å². The first-order valence-corrected chi connectivity index (χ1v) is 11.8. The van der Waals surface area contributed by atoms with Crippen LogP contribution in [0.2, 0.25) is 0 Å². The summed E-state index contributed by atoms with van der Waals surface area (Å²) in [4.78, 5) is 36.1. The van der Waals surface area contributed by atoms with Gasteiger partial charge in [-0.25, -0.2) is 13.6 Å². The summed E-state index contributed by atoms with van der Waals surface area (Å²) in [5, 5.41) is 13.8. The number of fused-ring (bicyclic) bond motifs is 3. The van der Waals surface area contributed by atoms with Crippen LogP contribution in [0.5, 0.6) is 0 Å². The maximum Gasteiger partial charge on any atom is 0.407 e. The van der Waals surface area contributed by atoms with E-state index in [1.54, 1.807) is 0 Å². The minimum atomic E-state index is -3.35. The highest BCUT2D eigenvalue weighted by molar-refractivity contribution is 5.86. The monoisotopic (exact) mass is 486 g/mol. The second kappa shape index (κ2) is 10.0. The molecule has 9 heteroatoms. The molecule has 2 aromatic rings. The Hall–Kier alpha value is -3.49. The number of hydrogen-bond donors (Lipinski definition) is 3. The van der Waals surface area contributed by atoms with Gasteiger partial charge < -0.3 is 20.5 Å². The Morgan fingerprint density at radius 2 is 1.66 bits per heavy atom. The molecule has 3 N–H and O–H groups in total. The van der Waals surface area contributed by atoms with Gasteiger partial charge in [-0.2, -0.15) is 0 Å². The van der Waals surface area contributed by atoms with Crippen LogP contribution in [0.3, 0.4) is 0 Å². The number of carbonyl (C=O) groups excluding carboxylic acids is 2. The molecule has 0 unspecified atom stereocenters. The molecule has 1 saturated carbocycles. The number of carbonyl (C=O) groups is 3. The predicted octanol–water partition coefficient (Wildman–Crippen LogP) is 4.17. The van der Waals surface area contributed by atoms with E-state index in [1.165, 1.54) is 0 Å². The van der Waals surface area contributed by atoms with E-state index in [0.29, 0.717) is 12.8 Å². The van der Waals surface area contributed by atoms with E-state index in [1.807, 2.05) is 55.5 Å². The normalized spacial score (nSPS) is 20.3. The van der Waals surface area contributed by atoms with E-state index < -0.39 is 48.3 Å². The van der Waals surface area contributed by atoms with Crippen molar-refractivity contribution < 1.29 is 33.0 Å². The van der Waals surface area contributed by atoms with Crippen LogP contribution in [-0.2, 0) is 14.3 Å². The lowest BCUT2D eigenvalue weighted by atomic mass is 9.98. The Labute approximate surface area is 201 Å². The Bertz CT molecular complexity index is 1080. The van der Waals surface area contributed by atoms with Crippen molar-refractivity contribution in [3.63, 3.8) is 0 Å². The smallest absolute Gasteiger partial charge is 0.407 e. The number of nitrogens with one attached hydrogen (secondary N) is 2. The first-order valence-electron chi connectivity index (χ1n) is 11.8. The van der Waals surface area contributed by atoms with Crippen molar-refractivity contribution >= 4 is 18.0 Å². The van der Waals surface area contributed by atoms with Crippen molar-refractivity contribution in [1.29, 1.82) is 0 Å². The number of alkyl carbamates (subject to hydrolysis) is 1. The summed E-state index contributed by atoms with van der Waals surface area (Å²) in [5.74, 6) is -8.97. The fourth-order valence-corrected chi connectivity index (χ4v) is 4.77. The number of aliphatic carboxylic acids is 1. The fourth-order valence-electron chi connectivity index (χ4n) is 4.77. The Morgan fingerprint density at radius 1 is 1.06 bits per heavy atom. The van der Waals surface area contributed by atoms with Crippen molar-refractivity contribution in [2.24, 2.45) is 11.8 Å². The maximum atomic E-state index is 13.6. The van der Waals surface area contributed by atoms with Gasteiger partial charge in [0.25, 0.3) is 5.92 Å². The van der Waals surface area contributed by atoms with E-state index in [9.17, 15) is 23.2 Å².